The molecule has 2 aromatic rings. The van der Waals surface area contributed by atoms with E-state index in [1.165, 1.54) is 5.56 Å². The monoisotopic (exact) mass is 412 g/mol. The Balaban J connectivity index is 1.59. The Morgan fingerprint density at radius 3 is 2.40 bits per heavy atom. The highest BCUT2D eigenvalue weighted by molar-refractivity contribution is 5.31. The van der Waals surface area contributed by atoms with Gasteiger partial charge in [0, 0.05) is 6.42 Å². The van der Waals surface area contributed by atoms with Crippen LogP contribution in [0, 0.1) is 0 Å². The van der Waals surface area contributed by atoms with E-state index in [1.54, 1.807) is 7.11 Å². The number of unbranched alkanes of at least 4 members (excludes halogenated alkanes) is 2. The first kappa shape index (κ1) is 24.0. The van der Waals surface area contributed by atoms with Crippen molar-refractivity contribution in [3.8, 4) is 11.5 Å². The average Bonchev–Trinajstić information content (AvgIpc) is 2.78. The number of hydrogen-bond acceptors (Lipinski definition) is 4. The van der Waals surface area contributed by atoms with Crippen molar-refractivity contribution in [3.63, 3.8) is 0 Å². The summed E-state index contributed by atoms with van der Waals surface area (Å²) in [6.45, 7) is 3.43. The van der Waals surface area contributed by atoms with Gasteiger partial charge in [-0.3, -0.25) is 0 Å². The van der Waals surface area contributed by atoms with Crippen molar-refractivity contribution in [2.24, 2.45) is 0 Å². The molecule has 0 fully saturated rings. The van der Waals surface area contributed by atoms with Crippen LogP contribution in [0.15, 0.2) is 66.7 Å². The molecular weight excluding hydrogens is 376 g/mol. The molecular formula is C26H36O4. The fraction of sp³-hybridized carbons (Fsp3) is 0.462. The first-order valence-electron chi connectivity index (χ1n) is 11.0. The third-order valence-corrected chi connectivity index (χ3v) is 4.90. The molecule has 30 heavy (non-hydrogen) atoms. The second kappa shape index (κ2) is 14.6. The van der Waals surface area contributed by atoms with Crippen molar-refractivity contribution in [2.75, 3.05) is 13.7 Å². The Labute approximate surface area is 181 Å². The third kappa shape index (κ3) is 9.95. The summed E-state index contributed by atoms with van der Waals surface area (Å²) in [6.07, 6.45) is 9.17. The molecule has 4 heteroatoms. The van der Waals surface area contributed by atoms with Gasteiger partial charge in [0.05, 0.1) is 32.5 Å². The summed E-state index contributed by atoms with van der Waals surface area (Å²) in [7, 11) is 1.65. The second-order valence-electron chi connectivity index (χ2n) is 7.46. The maximum absolute atomic E-state index is 10.3. The molecule has 0 saturated carbocycles. The van der Waals surface area contributed by atoms with Gasteiger partial charge in [-0.25, -0.2) is 0 Å². The van der Waals surface area contributed by atoms with Crippen molar-refractivity contribution in [1.29, 1.82) is 0 Å². The summed E-state index contributed by atoms with van der Waals surface area (Å²) in [5, 5.41) is 10.3. The molecule has 1 N–H and O–H groups in total. The van der Waals surface area contributed by atoms with Gasteiger partial charge >= 0.3 is 0 Å². The van der Waals surface area contributed by atoms with Crippen LogP contribution in [-0.4, -0.2) is 31.0 Å². The lowest BCUT2D eigenvalue weighted by Crippen LogP contribution is -2.19. The van der Waals surface area contributed by atoms with E-state index in [-0.39, 0.29) is 6.10 Å². The standard InChI is InChI=1S/C26H36O4/c1-3-11-26(30-21-22-12-7-6-8-13-22)20-23(27)14-9-4-5-10-19-29-25-17-15-24(28-2)16-18-25/h6-9,12-18,23,26-27H,3-5,10-11,19-21H2,1-2H3/b14-9+/t23?,26-/m1/s1. The highest BCUT2D eigenvalue weighted by Gasteiger charge is 2.12. The van der Waals surface area contributed by atoms with Crippen LogP contribution in [0.1, 0.15) is 51.0 Å². The Morgan fingerprint density at radius 1 is 0.967 bits per heavy atom. The minimum Gasteiger partial charge on any atom is -0.497 e. The van der Waals surface area contributed by atoms with Crippen molar-refractivity contribution in [1.82, 2.24) is 0 Å². The number of benzene rings is 2. The largest absolute Gasteiger partial charge is 0.497 e. The lowest BCUT2D eigenvalue weighted by molar-refractivity contribution is 0.00785. The van der Waals surface area contributed by atoms with Gasteiger partial charge in [0.2, 0.25) is 0 Å². The van der Waals surface area contributed by atoms with E-state index in [1.807, 2.05) is 48.5 Å². The molecule has 0 aromatic heterocycles. The minimum absolute atomic E-state index is 0.0766. The summed E-state index contributed by atoms with van der Waals surface area (Å²) in [6, 6.07) is 17.8. The van der Waals surface area contributed by atoms with E-state index in [9.17, 15) is 5.11 Å². The number of hydrogen-bond donors (Lipinski definition) is 1. The van der Waals surface area contributed by atoms with Crippen LogP contribution >= 0.6 is 0 Å². The smallest absolute Gasteiger partial charge is 0.119 e. The molecule has 4 nitrogen and oxygen atoms in total. The molecule has 0 heterocycles. The van der Waals surface area contributed by atoms with Gasteiger partial charge in [0.25, 0.3) is 0 Å². The van der Waals surface area contributed by atoms with Gasteiger partial charge in [-0.05, 0) is 55.5 Å². The fourth-order valence-electron chi connectivity index (χ4n) is 3.21. The normalized spacial score (nSPS) is 13.3. The molecule has 2 atom stereocenters. The highest BCUT2D eigenvalue weighted by atomic mass is 16.5. The van der Waals surface area contributed by atoms with E-state index in [2.05, 4.69) is 25.1 Å². The topological polar surface area (TPSA) is 47.9 Å². The quantitative estimate of drug-likeness (QED) is 0.291. The maximum Gasteiger partial charge on any atom is 0.119 e. The lowest BCUT2D eigenvalue weighted by atomic mass is 10.1. The Hall–Kier alpha value is -2.30. The summed E-state index contributed by atoms with van der Waals surface area (Å²) in [4.78, 5) is 0. The molecule has 2 rings (SSSR count). The van der Waals surface area contributed by atoms with Gasteiger partial charge in [-0.15, -0.1) is 0 Å². The van der Waals surface area contributed by atoms with E-state index in [0.717, 1.165) is 43.6 Å². The zero-order valence-electron chi connectivity index (χ0n) is 18.3. The van der Waals surface area contributed by atoms with Gasteiger partial charge < -0.3 is 19.3 Å². The van der Waals surface area contributed by atoms with E-state index in [0.29, 0.717) is 19.6 Å². The van der Waals surface area contributed by atoms with Gasteiger partial charge in [0.15, 0.2) is 0 Å². The predicted octanol–water partition coefficient (Wildman–Crippen LogP) is 5.94. The summed E-state index contributed by atoms with van der Waals surface area (Å²) in [5.41, 5.74) is 1.17. The van der Waals surface area contributed by atoms with Crippen LogP contribution in [0.25, 0.3) is 0 Å². The molecule has 1 unspecified atom stereocenters. The minimum atomic E-state index is -0.465. The summed E-state index contributed by atoms with van der Waals surface area (Å²) in [5.74, 6) is 1.69. The molecule has 0 aliphatic carbocycles. The summed E-state index contributed by atoms with van der Waals surface area (Å²) >= 11 is 0. The maximum atomic E-state index is 10.3. The molecule has 164 valence electrons. The Morgan fingerprint density at radius 2 is 1.70 bits per heavy atom. The Bertz CT molecular complexity index is 697. The van der Waals surface area contributed by atoms with E-state index < -0.39 is 6.10 Å². The average molecular weight is 413 g/mol. The zero-order valence-corrected chi connectivity index (χ0v) is 18.3. The lowest BCUT2D eigenvalue weighted by Gasteiger charge is -2.19. The molecule has 0 bridgehead atoms. The van der Waals surface area contributed by atoms with Gasteiger partial charge in [0.1, 0.15) is 11.5 Å². The van der Waals surface area contributed by atoms with Gasteiger partial charge in [-0.1, -0.05) is 55.8 Å². The number of methoxy groups -OCH3 is 1. The molecule has 0 aliphatic heterocycles. The predicted molar refractivity (Wildman–Crippen MR) is 122 cm³/mol. The number of allylic oxidation sites excluding steroid dienone is 1. The first-order chi connectivity index (χ1) is 14.7. The molecule has 0 saturated heterocycles. The van der Waals surface area contributed by atoms with Crippen molar-refractivity contribution < 1.29 is 19.3 Å². The molecule has 0 amide bonds. The van der Waals surface area contributed by atoms with Crippen LogP contribution in [0.3, 0.4) is 0 Å². The number of aliphatic hydroxyl groups excluding tert-OH is 1. The number of rotatable bonds is 15. The molecule has 0 aliphatic rings. The van der Waals surface area contributed by atoms with E-state index >= 15 is 0 Å². The highest BCUT2D eigenvalue weighted by Crippen LogP contribution is 2.17. The van der Waals surface area contributed by atoms with E-state index in [4.69, 9.17) is 14.2 Å². The third-order valence-electron chi connectivity index (χ3n) is 4.90. The molecule has 0 spiro atoms. The second-order valence-corrected chi connectivity index (χ2v) is 7.46. The van der Waals surface area contributed by atoms with Gasteiger partial charge in [-0.2, -0.15) is 0 Å². The van der Waals surface area contributed by atoms with Crippen molar-refractivity contribution >= 4 is 0 Å². The van der Waals surface area contributed by atoms with Crippen LogP contribution in [-0.2, 0) is 11.3 Å². The molecule has 2 aromatic carbocycles. The van der Waals surface area contributed by atoms with Crippen LogP contribution in [0.2, 0.25) is 0 Å². The van der Waals surface area contributed by atoms with Crippen LogP contribution < -0.4 is 9.47 Å². The Kier molecular flexibility index (Phi) is 11.7. The number of ether oxygens (including phenoxy) is 3. The van der Waals surface area contributed by atoms with Crippen molar-refractivity contribution in [3.05, 3.63) is 72.3 Å². The SMILES string of the molecule is CCC[C@H](CC(O)/C=C/CCCCOc1ccc(OC)cc1)OCc1ccccc1. The summed E-state index contributed by atoms with van der Waals surface area (Å²) < 4.78 is 16.9. The van der Waals surface area contributed by atoms with Crippen LogP contribution in [0.5, 0.6) is 11.5 Å². The van der Waals surface area contributed by atoms with Crippen LogP contribution in [0.4, 0.5) is 0 Å². The zero-order chi connectivity index (χ0) is 21.4. The first-order valence-corrected chi connectivity index (χ1v) is 11.0. The van der Waals surface area contributed by atoms with Crippen molar-refractivity contribution in [2.45, 2.75) is 64.3 Å². The fourth-order valence-corrected chi connectivity index (χ4v) is 3.21. The number of aliphatic hydroxyl groups is 1. The molecule has 0 radical (unpaired) electrons.